The van der Waals surface area contributed by atoms with Crippen LogP contribution in [0.5, 0.6) is 0 Å². The van der Waals surface area contributed by atoms with Gasteiger partial charge in [0.15, 0.2) is 0 Å². The lowest BCUT2D eigenvalue weighted by Crippen LogP contribution is -2.17. The number of benzene rings is 1. The number of halogens is 2. The van der Waals surface area contributed by atoms with Crippen molar-refractivity contribution in [2.45, 2.75) is 19.3 Å². The molecule has 0 aliphatic carbocycles. The molecule has 1 N–H and O–H groups in total. The van der Waals surface area contributed by atoms with E-state index in [0.29, 0.717) is 6.54 Å². The molecule has 1 aromatic rings. The molecule has 0 aromatic heterocycles. The van der Waals surface area contributed by atoms with Gasteiger partial charge in [0.1, 0.15) is 17.9 Å². The Balaban J connectivity index is 2.27. The van der Waals surface area contributed by atoms with Crippen LogP contribution in [0.15, 0.2) is 18.2 Å². The normalized spacial score (nSPS) is 26.8. The molecule has 1 aliphatic heterocycles. The van der Waals surface area contributed by atoms with Gasteiger partial charge >= 0.3 is 0 Å². The van der Waals surface area contributed by atoms with Crippen molar-refractivity contribution in [1.82, 2.24) is 5.32 Å². The molecule has 4 heteroatoms. The molecule has 0 saturated carbocycles. The molecule has 14 heavy (non-hydrogen) atoms. The van der Waals surface area contributed by atoms with Gasteiger partial charge in [-0.1, -0.05) is 0 Å². The molecule has 2 rings (SSSR count). The molecular formula is C10H11F2NO. The Bertz CT molecular complexity index is 343. The maximum Gasteiger partial charge on any atom is 0.129 e. The van der Waals surface area contributed by atoms with Crippen molar-refractivity contribution >= 4 is 0 Å². The van der Waals surface area contributed by atoms with E-state index in [0.717, 1.165) is 12.1 Å². The van der Waals surface area contributed by atoms with E-state index in [1.807, 2.05) is 6.92 Å². The quantitative estimate of drug-likeness (QED) is 0.746. The van der Waals surface area contributed by atoms with Crippen LogP contribution in [0, 0.1) is 11.6 Å². The Labute approximate surface area is 80.9 Å². The number of ether oxygens (including phenoxy) is 1. The van der Waals surface area contributed by atoms with Crippen molar-refractivity contribution < 1.29 is 13.5 Å². The first-order valence-electron chi connectivity index (χ1n) is 4.50. The van der Waals surface area contributed by atoms with Gasteiger partial charge in [0.05, 0.1) is 6.10 Å². The average Bonchev–Trinajstić information content (AvgIpc) is 2.56. The van der Waals surface area contributed by atoms with Crippen LogP contribution in [0.1, 0.15) is 18.6 Å². The third-order valence-electron chi connectivity index (χ3n) is 2.26. The first-order chi connectivity index (χ1) is 6.66. The van der Waals surface area contributed by atoms with Gasteiger partial charge in [0.25, 0.3) is 0 Å². The SMILES string of the molecule is CC1NCC(c2cc(F)ccc2F)O1. The summed E-state index contributed by atoms with van der Waals surface area (Å²) in [5.41, 5.74) is 0.279. The molecule has 0 bridgehead atoms. The molecule has 0 radical (unpaired) electrons. The van der Waals surface area contributed by atoms with E-state index in [2.05, 4.69) is 5.32 Å². The maximum absolute atomic E-state index is 13.3. The van der Waals surface area contributed by atoms with Crippen molar-refractivity contribution in [2.75, 3.05) is 6.54 Å². The van der Waals surface area contributed by atoms with Crippen molar-refractivity contribution in [3.8, 4) is 0 Å². The average molecular weight is 199 g/mol. The van der Waals surface area contributed by atoms with Crippen molar-refractivity contribution in [2.24, 2.45) is 0 Å². The fourth-order valence-corrected chi connectivity index (χ4v) is 1.56. The van der Waals surface area contributed by atoms with Crippen LogP contribution in [0.4, 0.5) is 8.78 Å². The van der Waals surface area contributed by atoms with Crippen LogP contribution in [-0.2, 0) is 4.74 Å². The molecule has 1 saturated heterocycles. The molecule has 1 heterocycles. The summed E-state index contributed by atoms with van der Waals surface area (Å²) in [5.74, 6) is -0.864. The summed E-state index contributed by atoms with van der Waals surface area (Å²) in [6.07, 6.45) is -0.497. The standard InChI is InChI=1S/C10H11F2NO/c1-6-13-5-10(14-6)8-4-7(11)2-3-9(8)12/h2-4,6,10,13H,5H2,1H3. The third kappa shape index (κ3) is 1.76. The first-order valence-corrected chi connectivity index (χ1v) is 4.50. The Morgan fingerprint density at radius 3 is 2.86 bits per heavy atom. The summed E-state index contributed by atoms with van der Waals surface area (Å²) < 4.78 is 31.5. The highest BCUT2D eigenvalue weighted by Crippen LogP contribution is 2.25. The van der Waals surface area contributed by atoms with E-state index in [1.165, 1.54) is 6.07 Å². The molecule has 1 fully saturated rings. The lowest BCUT2D eigenvalue weighted by atomic mass is 10.1. The zero-order valence-electron chi connectivity index (χ0n) is 7.76. The minimum atomic E-state index is -0.440. The lowest BCUT2D eigenvalue weighted by Gasteiger charge is -2.10. The van der Waals surface area contributed by atoms with Gasteiger partial charge in [0, 0.05) is 12.1 Å². The molecular weight excluding hydrogens is 188 g/mol. The van der Waals surface area contributed by atoms with Crippen molar-refractivity contribution in [3.63, 3.8) is 0 Å². The Hall–Kier alpha value is -1.00. The smallest absolute Gasteiger partial charge is 0.129 e. The van der Waals surface area contributed by atoms with Crippen LogP contribution in [0.3, 0.4) is 0 Å². The number of hydrogen-bond donors (Lipinski definition) is 1. The largest absolute Gasteiger partial charge is 0.354 e. The van der Waals surface area contributed by atoms with Gasteiger partial charge in [-0.2, -0.15) is 0 Å². The zero-order valence-corrected chi connectivity index (χ0v) is 7.76. The van der Waals surface area contributed by atoms with Gasteiger partial charge in [-0.25, -0.2) is 8.78 Å². The molecule has 2 unspecified atom stereocenters. The molecule has 2 atom stereocenters. The number of rotatable bonds is 1. The van der Waals surface area contributed by atoms with E-state index < -0.39 is 11.6 Å². The summed E-state index contributed by atoms with van der Waals surface area (Å²) in [6.45, 7) is 2.35. The fourth-order valence-electron chi connectivity index (χ4n) is 1.56. The number of nitrogens with one attached hydrogen (secondary N) is 1. The predicted molar refractivity (Wildman–Crippen MR) is 47.6 cm³/mol. The second-order valence-corrected chi connectivity index (χ2v) is 3.34. The Morgan fingerprint density at radius 1 is 1.43 bits per heavy atom. The van der Waals surface area contributed by atoms with E-state index in [4.69, 9.17) is 4.74 Å². The van der Waals surface area contributed by atoms with Crippen LogP contribution < -0.4 is 5.32 Å². The van der Waals surface area contributed by atoms with Gasteiger partial charge in [-0.15, -0.1) is 0 Å². The zero-order chi connectivity index (χ0) is 10.1. The van der Waals surface area contributed by atoms with E-state index in [1.54, 1.807) is 0 Å². The molecule has 76 valence electrons. The molecule has 0 spiro atoms. The predicted octanol–water partition coefficient (Wildman–Crippen LogP) is 1.97. The first kappa shape index (κ1) is 9.55. The molecule has 1 aliphatic rings. The second kappa shape index (κ2) is 3.63. The summed E-state index contributed by atoms with van der Waals surface area (Å²) in [6, 6.07) is 3.40. The number of hydrogen-bond acceptors (Lipinski definition) is 2. The molecule has 1 aromatic carbocycles. The summed E-state index contributed by atoms with van der Waals surface area (Å²) in [5, 5.41) is 3.00. The van der Waals surface area contributed by atoms with Crippen LogP contribution in [-0.4, -0.2) is 12.8 Å². The third-order valence-corrected chi connectivity index (χ3v) is 2.26. The highest BCUT2D eigenvalue weighted by molar-refractivity contribution is 5.22. The van der Waals surface area contributed by atoms with Gasteiger partial charge < -0.3 is 4.74 Å². The van der Waals surface area contributed by atoms with Crippen LogP contribution in [0.2, 0.25) is 0 Å². The Kier molecular flexibility index (Phi) is 2.48. The van der Waals surface area contributed by atoms with Crippen LogP contribution >= 0.6 is 0 Å². The minimum Gasteiger partial charge on any atom is -0.354 e. The molecule has 0 amide bonds. The van der Waals surface area contributed by atoms with E-state index in [-0.39, 0.29) is 17.9 Å². The lowest BCUT2D eigenvalue weighted by molar-refractivity contribution is 0.0508. The summed E-state index contributed by atoms with van der Waals surface area (Å²) in [4.78, 5) is 0. The Morgan fingerprint density at radius 2 is 2.21 bits per heavy atom. The van der Waals surface area contributed by atoms with Gasteiger partial charge in [0.2, 0.25) is 0 Å². The van der Waals surface area contributed by atoms with E-state index in [9.17, 15) is 8.78 Å². The topological polar surface area (TPSA) is 21.3 Å². The summed E-state index contributed by atoms with van der Waals surface area (Å²) >= 11 is 0. The van der Waals surface area contributed by atoms with Gasteiger partial charge in [-0.05, 0) is 25.1 Å². The monoisotopic (exact) mass is 199 g/mol. The highest BCUT2D eigenvalue weighted by atomic mass is 19.1. The fraction of sp³-hybridized carbons (Fsp3) is 0.400. The van der Waals surface area contributed by atoms with Crippen molar-refractivity contribution in [3.05, 3.63) is 35.4 Å². The van der Waals surface area contributed by atoms with E-state index >= 15 is 0 Å². The minimum absolute atomic E-state index is 0.109. The molecule has 2 nitrogen and oxygen atoms in total. The summed E-state index contributed by atoms with van der Waals surface area (Å²) in [7, 11) is 0. The highest BCUT2D eigenvalue weighted by Gasteiger charge is 2.25. The second-order valence-electron chi connectivity index (χ2n) is 3.34. The van der Waals surface area contributed by atoms with Gasteiger partial charge in [-0.3, -0.25) is 5.32 Å². The van der Waals surface area contributed by atoms with Crippen molar-refractivity contribution in [1.29, 1.82) is 0 Å². The maximum atomic E-state index is 13.3. The van der Waals surface area contributed by atoms with Crippen LogP contribution in [0.25, 0.3) is 0 Å².